The predicted molar refractivity (Wildman–Crippen MR) is 126 cm³/mol. The molecule has 1 saturated carbocycles. The van der Waals surface area contributed by atoms with Gasteiger partial charge in [0.25, 0.3) is 0 Å². The third-order valence-electron chi connectivity index (χ3n) is 5.22. The first-order valence-corrected chi connectivity index (χ1v) is 11.8. The Kier molecular flexibility index (Phi) is 5.87. The summed E-state index contributed by atoms with van der Waals surface area (Å²) in [5, 5.41) is 2.72. The number of sulfone groups is 1. The summed E-state index contributed by atoms with van der Waals surface area (Å²) in [4.78, 5) is 20.0. The smallest absolute Gasteiger partial charge is 0.310 e. The van der Waals surface area contributed by atoms with Crippen molar-refractivity contribution < 1.29 is 13.2 Å². The van der Waals surface area contributed by atoms with Crippen LogP contribution in [0.4, 0.5) is 11.5 Å². The van der Waals surface area contributed by atoms with Gasteiger partial charge in [-0.3, -0.25) is 9.64 Å². The minimum Gasteiger partial charge on any atom is -0.384 e. The molecule has 0 radical (unpaired) electrons. The van der Waals surface area contributed by atoms with Crippen LogP contribution in [0.1, 0.15) is 29.7 Å². The van der Waals surface area contributed by atoms with E-state index in [-0.39, 0.29) is 16.6 Å². The van der Waals surface area contributed by atoms with Crippen LogP contribution in [-0.4, -0.2) is 24.8 Å². The molecule has 3 N–H and O–H groups in total. The fraction of sp³-hybridized carbons (Fsp3) is 0.160. The van der Waals surface area contributed by atoms with Gasteiger partial charge in [-0.2, -0.15) is 0 Å². The Labute approximate surface area is 192 Å². The van der Waals surface area contributed by atoms with Crippen LogP contribution < -0.4 is 11.1 Å². The van der Waals surface area contributed by atoms with Crippen molar-refractivity contribution in [2.24, 2.45) is 0 Å². The fourth-order valence-electron chi connectivity index (χ4n) is 3.20. The lowest BCUT2D eigenvalue weighted by molar-refractivity contribution is -0.117. The molecule has 1 heterocycles. The van der Waals surface area contributed by atoms with Crippen molar-refractivity contribution in [1.29, 1.82) is 0 Å². The number of hydrogen-bond acceptors (Lipinski definition) is 5. The van der Waals surface area contributed by atoms with Gasteiger partial charge >= 0.3 is 11.4 Å². The molecule has 0 atom stereocenters. The molecule has 8 heteroatoms. The van der Waals surface area contributed by atoms with E-state index in [0.717, 1.165) is 0 Å². The predicted octanol–water partition coefficient (Wildman–Crippen LogP) is 3.43. The van der Waals surface area contributed by atoms with Crippen molar-refractivity contribution in [3.63, 3.8) is 0 Å². The number of pyridine rings is 1. The van der Waals surface area contributed by atoms with Crippen molar-refractivity contribution in [3.05, 3.63) is 95.0 Å². The Morgan fingerprint density at radius 2 is 1.82 bits per heavy atom. The van der Waals surface area contributed by atoms with Crippen LogP contribution >= 0.6 is 0 Å². The molecular weight excluding hydrogens is 436 g/mol. The van der Waals surface area contributed by atoms with Crippen LogP contribution in [-0.2, 0) is 20.4 Å². The van der Waals surface area contributed by atoms with Gasteiger partial charge < -0.3 is 11.1 Å². The summed E-state index contributed by atoms with van der Waals surface area (Å²) in [6.45, 7) is 7.18. The molecule has 3 aromatic rings. The topological polar surface area (TPSA) is 107 Å². The summed E-state index contributed by atoms with van der Waals surface area (Å²) in [6, 6.07) is 18.2. The Morgan fingerprint density at radius 3 is 2.48 bits per heavy atom. The van der Waals surface area contributed by atoms with Crippen molar-refractivity contribution >= 4 is 27.2 Å². The molecule has 0 unspecified atom stereocenters. The van der Waals surface area contributed by atoms with Crippen LogP contribution in [0, 0.1) is 18.4 Å². The van der Waals surface area contributed by atoms with Crippen LogP contribution in [0.25, 0.3) is 4.85 Å². The quantitative estimate of drug-likeness (QED) is 0.452. The first-order valence-electron chi connectivity index (χ1n) is 10.2. The van der Waals surface area contributed by atoms with Gasteiger partial charge in [0.05, 0.1) is 10.6 Å². The molecule has 0 spiro atoms. The van der Waals surface area contributed by atoms with E-state index in [0.29, 0.717) is 41.2 Å². The molecule has 33 heavy (non-hydrogen) atoms. The van der Waals surface area contributed by atoms with E-state index in [4.69, 9.17) is 12.3 Å². The van der Waals surface area contributed by atoms with Crippen LogP contribution in [0.5, 0.6) is 0 Å². The lowest BCUT2D eigenvalue weighted by Gasteiger charge is -2.09. The number of anilines is 2. The summed E-state index contributed by atoms with van der Waals surface area (Å²) in [5.41, 5.74) is 6.87. The van der Waals surface area contributed by atoms with E-state index in [1.165, 1.54) is 12.1 Å². The van der Waals surface area contributed by atoms with Gasteiger partial charge in [-0.05, 0) is 60.0 Å². The normalized spacial score (nSPS) is 13.8. The summed E-state index contributed by atoms with van der Waals surface area (Å²) in [6.07, 6.45) is 1.10. The van der Waals surface area contributed by atoms with Crippen molar-refractivity contribution in [2.45, 2.75) is 29.0 Å². The molecule has 1 amide bonds. The standard InChI is InChI=1S/C25H20N4O3S/c1-27-25(14-15-25)24(30)29-21-6-2-4-19(16-21)17-33(31,32)22-12-9-18(10-13-22)8-11-20-5-3-7-23(26)28-20/h2-7,9-10,12-13,16H,14-15,17H2,(H2,26,28)(H,29,30). The maximum Gasteiger partial charge on any atom is 0.310 e. The highest BCUT2D eigenvalue weighted by Crippen LogP contribution is 2.40. The Balaban J connectivity index is 1.46. The first kappa shape index (κ1) is 22.1. The van der Waals surface area contributed by atoms with Gasteiger partial charge in [0.15, 0.2) is 9.84 Å². The van der Waals surface area contributed by atoms with E-state index in [2.05, 4.69) is 27.0 Å². The Hall–Kier alpha value is -4.14. The number of carbonyl (C=O) groups excluding carboxylic acids is 1. The van der Waals surface area contributed by atoms with Crippen molar-refractivity contribution in [2.75, 3.05) is 11.1 Å². The highest BCUT2D eigenvalue weighted by molar-refractivity contribution is 7.90. The number of hydrogen-bond donors (Lipinski definition) is 2. The lowest BCUT2D eigenvalue weighted by Crippen LogP contribution is -2.26. The molecule has 2 aromatic carbocycles. The molecule has 1 aromatic heterocycles. The summed E-state index contributed by atoms with van der Waals surface area (Å²) >= 11 is 0. The van der Waals surface area contributed by atoms with Gasteiger partial charge in [0.2, 0.25) is 0 Å². The number of amides is 1. The zero-order chi connectivity index (χ0) is 23.5. The minimum atomic E-state index is -3.61. The third kappa shape index (κ3) is 5.20. The number of nitrogen functional groups attached to an aromatic ring is 1. The maximum absolute atomic E-state index is 12.9. The molecule has 7 nitrogen and oxygen atoms in total. The number of aromatic nitrogens is 1. The average Bonchev–Trinajstić information content (AvgIpc) is 3.60. The van der Waals surface area contributed by atoms with E-state index in [1.807, 2.05) is 0 Å². The van der Waals surface area contributed by atoms with Gasteiger partial charge in [0, 0.05) is 24.1 Å². The average molecular weight is 457 g/mol. The molecule has 0 saturated heterocycles. The minimum absolute atomic E-state index is 0.175. The van der Waals surface area contributed by atoms with Gasteiger partial charge in [-0.1, -0.05) is 24.1 Å². The highest BCUT2D eigenvalue weighted by atomic mass is 32.2. The van der Waals surface area contributed by atoms with Crippen molar-refractivity contribution in [1.82, 2.24) is 4.98 Å². The summed E-state index contributed by atoms with van der Waals surface area (Å²) < 4.78 is 25.8. The molecule has 1 fully saturated rings. The second kappa shape index (κ2) is 8.78. The number of nitrogens with zero attached hydrogens (tertiary/aromatic N) is 2. The monoisotopic (exact) mass is 456 g/mol. The SMILES string of the molecule is [C-]#[N+]C1(C(=O)Nc2cccc(CS(=O)(=O)c3ccc(C#Cc4cccc(N)n4)cc3)c2)CC1. The number of benzene rings is 2. The van der Waals surface area contributed by atoms with E-state index >= 15 is 0 Å². The summed E-state index contributed by atoms with van der Waals surface area (Å²) in [7, 11) is -3.61. The third-order valence-corrected chi connectivity index (χ3v) is 6.92. The molecule has 164 valence electrons. The fourth-order valence-corrected chi connectivity index (χ4v) is 4.54. The summed E-state index contributed by atoms with van der Waals surface area (Å²) in [5.74, 6) is 5.65. The Bertz CT molecular complexity index is 1420. The number of rotatable bonds is 5. The molecule has 1 aliphatic rings. The van der Waals surface area contributed by atoms with Crippen LogP contribution in [0.2, 0.25) is 0 Å². The second-order valence-electron chi connectivity index (χ2n) is 7.78. The number of nitrogens with two attached hydrogens (primary N) is 1. The largest absolute Gasteiger partial charge is 0.384 e. The maximum atomic E-state index is 12.9. The van der Waals surface area contributed by atoms with E-state index < -0.39 is 15.4 Å². The Morgan fingerprint density at radius 1 is 1.09 bits per heavy atom. The second-order valence-corrected chi connectivity index (χ2v) is 9.77. The van der Waals surface area contributed by atoms with Crippen molar-refractivity contribution in [3.8, 4) is 11.8 Å². The molecular formula is C25H20N4O3S. The molecule has 4 rings (SSSR count). The zero-order valence-corrected chi connectivity index (χ0v) is 18.4. The molecule has 0 bridgehead atoms. The van der Waals surface area contributed by atoms with E-state index in [9.17, 15) is 13.2 Å². The highest BCUT2D eigenvalue weighted by Gasteiger charge is 2.58. The van der Waals surface area contributed by atoms with Crippen LogP contribution in [0.15, 0.2) is 71.6 Å². The lowest BCUT2D eigenvalue weighted by atomic mass is 10.2. The number of nitrogens with one attached hydrogen (secondary N) is 1. The molecule has 1 aliphatic carbocycles. The first-order chi connectivity index (χ1) is 15.8. The molecule has 0 aliphatic heterocycles. The van der Waals surface area contributed by atoms with Crippen LogP contribution in [0.3, 0.4) is 0 Å². The van der Waals surface area contributed by atoms with E-state index in [1.54, 1.807) is 54.6 Å². The zero-order valence-electron chi connectivity index (χ0n) is 17.6. The van der Waals surface area contributed by atoms with Gasteiger partial charge in [-0.25, -0.2) is 20.0 Å². The van der Waals surface area contributed by atoms with Gasteiger partial charge in [0.1, 0.15) is 11.5 Å². The number of carbonyl (C=O) groups is 1. The van der Waals surface area contributed by atoms with Gasteiger partial charge in [-0.15, -0.1) is 0 Å².